The summed E-state index contributed by atoms with van der Waals surface area (Å²) in [5, 5.41) is 31.4. The normalized spacial score (nSPS) is 9.52. The van der Waals surface area contributed by atoms with Crippen molar-refractivity contribution in [2.75, 3.05) is 13.1 Å². The fourth-order valence-corrected chi connectivity index (χ4v) is 1.03. The molecule has 12 N–H and O–H groups in total. The van der Waals surface area contributed by atoms with Gasteiger partial charge in [0.25, 0.3) is 0 Å². The van der Waals surface area contributed by atoms with Crippen LogP contribution in [0.5, 0.6) is 0 Å². The molecule has 0 aromatic carbocycles. The van der Waals surface area contributed by atoms with Crippen LogP contribution in [0.25, 0.3) is 0 Å². The molecule has 148 valence electrons. The van der Waals surface area contributed by atoms with Crippen LogP contribution in [0.2, 0.25) is 0 Å². The van der Waals surface area contributed by atoms with E-state index in [0.29, 0.717) is 0 Å². The Bertz CT molecular complexity index is 341. The van der Waals surface area contributed by atoms with Crippen LogP contribution in [-0.4, -0.2) is 69.5 Å². The largest absolute Gasteiger partial charge is 0.480 e. The molecule has 0 aromatic heterocycles. The van der Waals surface area contributed by atoms with Gasteiger partial charge in [0.05, 0.1) is 0 Å². The van der Waals surface area contributed by atoms with E-state index in [1.165, 1.54) is 32.1 Å². The van der Waals surface area contributed by atoms with Crippen LogP contribution in [0.3, 0.4) is 0 Å². The van der Waals surface area contributed by atoms with Gasteiger partial charge in [-0.05, 0) is 25.9 Å². The summed E-state index contributed by atoms with van der Waals surface area (Å²) in [6, 6.07) is -3.59. The molecule has 0 aliphatic rings. The number of rotatable bonds is 10. The second-order valence-corrected chi connectivity index (χ2v) is 4.65. The Hall–Kier alpha value is -2.28. The minimum Gasteiger partial charge on any atom is -0.480 e. The molecule has 0 heterocycles. The quantitative estimate of drug-likeness (QED) is 0.151. The molecule has 0 saturated carbocycles. The van der Waals surface area contributed by atoms with E-state index in [9.17, 15) is 19.2 Å². The van der Waals surface area contributed by atoms with Crippen LogP contribution in [0.1, 0.15) is 32.1 Å². The Balaban J connectivity index is -0.000000291. The first-order chi connectivity index (χ1) is 11.5. The molecule has 25 heavy (non-hydrogen) atoms. The number of carboxylic acids is 4. The van der Waals surface area contributed by atoms with E-state index in [2.05, 4.69) is 11.5 Å². The Morgan fingerprint density at radius 3 is 0.880 bits per heavy atom. The van der Waals surface area contributed by atoms with E-state index in [1.54, 1.807) is 0 Å². The van der Waals surface area contributed by atoms with Gasteiger partial charge in [0.2, 0.25) is 12.1 Å². The summed E-state index contributed by atoms with van der Waals surface area (Å²) >= 11 is 0. The van der Waals surface area contributed by atoms with Crippen LogP contribution >= 0.6 is 0 Å². The van der Waals surface area contributed by atoms with Crippen molar-refractivity contribution < 1.29 is 39.6 Å². The van der Waals surface area contributed by atoms with Gasteiger partial charge >= 0.3 is 23.9 Å². The summed E-state index contributed by atoms with van der Waals surface area (Å²) in [5.41, 5.74) is 19.8. The molecule has 0 aliphatic heterocycles. The second-order valence-electron chi connectivity index (χ2n) is 4.65. The molecule has 0 spiro atoms. The standard InChI is InChI=1S/C7H18N2.2C3H5NO4/c8-6-4-2-1-3-5-7-9;2*4-1(2(5)6)3(7)8/h1-9H2;2*1H,4H2,(H,5,6)(H,7,8). The van der Waals surface area contributed by atoms with Crippen molar-refractivity contribution in [3.05, 3.63) is 0 Å². The van der Waals surface area contributed by atoms with Crippen LogP contribution in [0.4, 0.5) is 0 Å². The molecule has 0 aromatic rings. The maximum absolute atomic E-state index is 9.63. The van der Waals surface area contributed by atoms with E-state index in [0.717, 1.165) is 13.1 Å². The van der Waals surface area contributed by atoms with E-state index < -0.39 is 36.0 Å². The van der Waals surface area contributed by atoms with Gasteiger partial charge in [-0.2, -0.15) is 0 Å². The van der Waals surface area contributed by atoms with Gasteiger partial charge in [0.15, 0.2) is 0 Å². The minimum atomic E-state index is -1.80. The Kier molecular flexibility index (Phi) is 19.9. The first kappa shape index (κ1) is 27.6. The average Bonchev–Trinajstić information content (AvgIpc) is 2.54. The fourth-order valence-electron chi connectivity index (χ4n) is 1.03. The van der Waals surface area contributed by atoms with Crippen LogP contribution in [0, 0.1) is 0 Å². The average molecular weight is 368 g/mol. The SMILES string of the molecule is NC(C(=O)O)C(=O)O.NC(C(=O)O)C(=O)O.NCCCCCCCN. The molecule has 0 saturated heterocycles. The van der Waals surface area contributed by atoms with Gasteiger partial charge in [0, 0.05) is 0 Å². The summed E-state index contributed by atoms with van der Waals surface area (Å²) in [5.74, 6) is -6.12. The van der Waals surface area contributed by atoms with E-state index in [4.69, 9.17) is 31.9 Å². The van der Waals surface area contributed by atoms with E-state index in [-0.39, 0.29) is 0 Å². The molecule has 0 rings (SSSR count). The highest BCUT2D eigenvalue weighted by Gasteiger charge is 2.19. The number of carbonyl (C=O) groups is 4. The van der Waals surface area contributed by atoms with Gasteiger partial charge < -0.3 is 43.4 Å². The maximum atomic E-state index is 9.63. The highest BCUT2D eigenvalue weighted by atomic mass is 16.4. The molecule has 0 unspecified atom stereocenters. The van der Waals surface area contributed by atoms with Crippen LogP contribution < -0.4 is 22.9 Å². The van der Waals surface area contributed by atoms with Crippen molar-refractivity contribution in [2.24, 2.45) is 22.9 Å². The lowest BCUT2D eigenvalue weighted by molar-refractivity contribution is -0.151. The summed E-state index contributed by atoms with van der Waals surface area (Å²) < 4.78 is 0. The molecule has 0 fully saturated rings. The van der Waals surface area contributed by atoms with Gasteiger partial charge in [0.1, 0.15) is 0 Å². The number of aliphatic carboxylic acids is 4. The zero-order valence-corrected chi connectivity index (χ0v) is 13.8. The lowest BCUT2D eigenvalue weighted by Gasteiger charge is -1.96. The molecular weight excluding hydrogens is 340 g/mol. The van der Waals surface area contributed by atoms with Crippen molar-refractivity contribution >= 4 is 23.9 Å². The Labute approximate surface area is 144 Å². The topological polar surface area (TPSA) is 253 Å². The number of nitrogens with two attached hydrogens (primary N) is 4. The lowest BCUT2D eigenvalue weighted by atomic mass is 10.1. The highest BCUT2D eigenvalue weighted by molar-refractivity contribution is 5.97. The first-order valence-electron chi connectivity index (χ1n) is 7.35. The zero-order chi connectivity index (χ0) is 20.4. The van der Waals surface area contributed by atoms with Crippen molar-refractivity contribution in [1.29, 1.82) is 0 Å². The van der Waals surface area contributed by atoms with Crippen molar-refractivity contribution in [1.82, 2.24) is 0 Å². The summed E-state index contributed by atoms with van der Waals surface area (Å²) in [6.07, 6.45) is 6.19. The molecule has 12 nitrogen and oxygen atoms in total. The smallest absolute Gasteiger partial charge is 0.332 e. The second kappa shape index (κ2) is 18.1. The number of unbranched alkanes of at least 4 members (excludes halogenated alkanes) is 4. The van der Waals surface area contributed by atoms with Gasteiger partial charge in [-0.3, -0.25) is 0 Å². The zero-order valence-electron chi connectivity index (χ0n) is 13.8. The van der Waals surface area contributed by atoms with Crippen LogP contribution in [-0.2, 0) is 19.2 Å². The number of hydrogen-bond donors (Lipinski definition) is 8. The van der Waals surface area contributed by atoms with Crippen molar-refractivity contribution in [3.63, 3.8) is 0 Å². The maximum Gasteiger partial charge on any atom is 0.332 e. The molecule has 0 bridgehead atoms. The minimum absolute atomic E-state index is 0.836. The monoisotopic (exact) mass is 368 g/mol. The predicted octanol–water partition coefficient (Wildman–Crippen LogP) is -2.18. The lowest BCUT2D eigenvalue weighted by Crippen LogP contribution is -2.38. The molecule has 0 radical (unpaired) electrons. The highest BCUT2D eigenvalue weighted by Crippen LogP contribution is 2.00. The molecular formula is C13H28N4O8. The third-order valence-electron chi connectivity index (χ3n) is 2.47. The van der Waals surface area contributed by atoms with Gasteiger partial charge in [-0.15, -0.1) is 0 Å². The molecule has 12 heteroatoms. The van der Waals surface area contributed by atoms with Gasteiger partial charge in [-0.25, -0.2) is 19.2 Å². The Morgan fingerprint density at radius 2 is 0.760 bits per heavy atom. The summed E-state index contributed by atoms with van der Waals surface area (Å²) in [7, 11) is 0. The predicted molar refractivity (Wildman–Crippen MR) is 87.7 cm³/mol. The van der Waals surface area contributed by atoms with E-state index >= 15 is 0 Å². The molecule has 0 aliphatic carbocycles. The van der Waals surface area contributed by atoms with Crippen LogP contribution in [0.15, 0.2) is 0 Å². The summed E-state index contributed by atoms with van der Waals surface area (Å²) in [6.45, 7) is 1.67. The number of carboxylic acid groups (broad SMARTS) is 4. The Morgan fingerprint density at radius 1 is 0.560 bits per heavy atom. The molecule has 0 amide bonds. The fraction of sp³-hybridized carbons (Fsp3) is 0.692. The number of hydrogen-bond acceptors (Lipinski definition) is 8. The first-order valence-corrected chi connectivity index (χ1v) is 7.35. The van der Waals surface area contributed by atoms with E-state index in [1.807, 2.05) is 0 Å². The summed E-state index contributed by atoms with van der Waals surface area (Å²) in [4.78, 5) is 38.5. The third kappa shape index (κ3) is 21.7. The van der Waals surface area contributed by atoms with Crippen molar-refractivity contribution in [3.8, 4) is 0 Å². The van der Waals surface area contributed by atoms with Crippen molar-refractivity contribution in [2.45, 2.75) is 44.2 Å². The third-order valence-corrected chi connectivity index (χ3v) is 2.47. The molecule has 0 atom stereocenters. The van der Waals surface area contributed by atoms with Gasteiger partial charge in [-0.1, -0.05) is 19.3 Å².